The van der Waals surface area contributed by atoms with Gasteiger partial charge in [0.1, 0.15) is 5.69 Å². The normalized spacial score (nSPS) is 20.0. The number of nitrogens with zero attached hydrogens (tertiary/aromatic N) is 3. The smallest absolute Gasteiger partial charge is 0.237 e. The standard InChI is InChI=1S/C19H24F2N4O/c1-13(19(26)23-15-4-2-3-5-15)24-6-8-25(9-7-24)18-16(20)10-14(12-22)11-17(18)21/h10-11,13,15H,2-9H2,1H3,(H,23,26). The Bertz CT molecular complexity index is 681. The SMILES string of the molecule is CC(C(=O)NC1CCCC1)N1CCN(c2c(F)cc(C#N)cc2F)CC1. The van der Waals surface area contributed by atoms with E-state index in [2.05, 4.69) is 5.32 Å². The van der Waals surface area contributed by atoms with Crippen molar-refractivity contribution in [3.05, 3.63) is 29.3 Å². The fraction of sp³-hybridized carbons (Fsp3) is 0.579. The second kappa shape index (κ2) is 8.00. The van der Waals surface area contributed by atoms with Gasteiger partial charge >= 0.3 is 0 Å². The third-order valence-electron chi connectivity index (χ3n) is 5.41. The van der Waals surface area contributed by atoms with Crippen molar-refractivity contribution in [3.63, 3.8) is 0 Å². The van der Waals surface area contributed by atoms with Crippen LogP contribution in [0.15, 0.2) is 12.1 Å². The van der Waals surface area contributed by atoms with Gasteiger partial charge in [-0.05, 0) is 31.9 Å². The van der Waals surface area contributed by atoms with Crippen LogP contribution in [0.5, 0.6) is 0 Å². The lowest BCUT2D eigenvalue weighted by molar-refractivity contribution is -0.126. The Morgan fingerprint density at radius 2 is 1.77 bits per heavy atom. The molecule has 3 rings (SSSR count). The molecular weight excluding hydrogens is 338 g/mol. The van der Waals surface area contributed by atoms with E-state index < -0.39 is 11.6 Å². The van der Waals surface area contributed by atoms with Gasteiger partial charge in [0.05, 0.1) is 17.7 Å². The molecule has 0 aromatic heterocycles. The van der Waals surface area contributed by atoms with Crippen LogP contribution in [0.3, 0.4) is 0 Å². The first-order valence-corrected chi connectivity index (χ1v) is 9.18. The summed E-state index contributed by atoms with van der Waals surface area (Å²) in [4.78, 5) is 16.1. The summed E-state index contributed by atoms with van der Waals surface area (Å²) in [7, 11) is 0. The number of carbonyl (C=O) groups excluding carboxylic acids is 1. The summed E-state index contributed by atoms with van der Waals surface area (Å²) in [5.74, 6) is -1.41. The van der Waals surface area contributed by atoms with Crippen molar-refractivity contribution < 1.29 is 13.6 Å². The lowest BCUT2D eigenvalue weighted by atomic mass is 10.1. The van der Waals surface area contributed by atoms with Gasteiger partial charge in [-0.1, -0.05) is 12.8 Å². The maximum Gasteiger partial charge on any atom is 0.237 e. The molecule has 1 unspecified atom stereocenters. The Balaban J connectivity index is 1.59. The number of nitrogens with one attached hydrogen (secondary N) is 1. The number of amides is 1. The predicted octanol–water partition coefficient (Wildman–Crippen LogP) is 2.41. The van der Waals surface area contributed by atoms with Crippen molar-refractivity contribution in [3.8, 4) is 6.07 Å². The Labute approximate surface area is 152 Å². The molecule has 5 nitrogen and oxygen atoms in total. The first-order valence-electron chi connectivity index (χ1n) is 9.18. The average molecular weight is 362 g/mol. The molecule has 1 atom stereocenters. The van der Waals surface area contributed by atoms with Gasteiger partial charge in [0.15, 0.2) is 11.6 Å². The van der Waals surface area contributed by atoms with E-state index in [1.165, 1.54) is 12.8 Å². The van der Waals surface area contributed by atoms with Crippen LogP contribution in [-0.4, -0.2) is 49.1 Å². The fourth-order valence-electron chi connectivity index (χ4n) is 3.82. The molecule has 0 spiro atoms. The summed E-state index contributed by atoms with van der Waals surface area (Å²) in [6, 6.07) is 3.90. The molecule has 1 aliphatic heterocycles. The molecule has 26 heavy (non-hydrogen) atoms. The molecule has 1 N–H and O–H groups in total. The summed E-state index contributed by atoms with van der Waals surface area (Å²) in [5.41, 5.74) is -0.119. The van der Waals surface area contributed by atoms with Crippen LogP contribution in [0, 0.1) is 23.0 Å². The topological polar surface area (TPSA) is 59.4 Å². The largest absolute Gasteiger partial charge is 0.364 e. The molecule has 140 valence electrons. The monoisotopic (exact) mass is 362 g/mol. The van der Waals surface area contributed by atoms with Crippen molar-refractivity contribution in [2.24, 2.45) is 0 Å². The molecule has 1 heterocycles. The maximum atomic E-state index is 14.2. The summed E-state index contributed by atoms with van der Waals surface area (Å²) in [5, 5.41) is 11.9. The van der Waals surface area contributed by atoms with E-state index in [1.807, 2.05) is 11.8 Å². The number of benzene rings is 1. The van der Waals surface area contributed by atoms with Gasteiger partial charge in [-0.15, -0.1) is 0 Å². The number of anilines is 1. The van der Waals surface area contributed by atoms with E-state index in [-0.39, 0.29) is 29.2 Å². The highest BCUT2D eigenvalue weighted by Crippen LogP contribution is 2.26. The zero-order chi connectivity index (χ0) is 18.7. The molecular formula is C19H24F2N4O. The van der Waals surface area contributed by atoms with Gasteiger partial charge in [-0.3, -0.25) is 9.69 Å². The van der Waals surface area contributed by atoms with Gasteiger partial charge < -0.3 is 10.2 Å². The van der Waals surface area contributed by atoms with Crippen molar-refractivity contribution in [2.75, 3.05) is 31.1 Å². The zero-order valence-electron chi connectivity index (χ0n) is 15.0. The van der Waals surface area contributed by atoms with Gasteiger partial charge in [0.2, 0.25) is 5.91 Å². The molecule has 2 aliphatic rings. The second-order valence-corrected chi connectivity index (χ2v) is 7.09. The predicted molar refractivity (Wildman–Crippen MR) is 94.7 cm³/mol. The average Bonchev–Trinajstić information content (AvgIpc) is 3.14. The molecule has 1 aromatic rings. The number of rotatable bonds is 4. The first-order chi connectivity index (χ1) is 12.5. The highest BCUT2D eigenvalue weighted by atomic mass is 19.1. The van der Waals surface area contributed by atoms with E-state index in [9.17, 15) is 13.6 Å². The van der Waals surface area contributed by atoms with E-state index in [1.54, 1.807) is 11.0 Å². The van der Waals surface area contributed by atoms with Gasteiger partial charge in [-0.25, -0.2) is 8.78 Å². The number of hydrogen-bond acceptors (Lipinski definition) is 4. The number of halogens is 2. The van der Waals surface area contributed by atoms with E-state index in [0.29, 0.717) is 26.2 Å². The Morgan fingerprint density at radius 3 is 2.31 bits per heavy atom. The Morgan fingerprint density at radius 1 is 1.19 bits per heavy atom. The summed E-state index contributed by atoms with van der Waals surface area (Å²) >= 11 is 0. The second-order valence-electron chi connectivity index (χ2n) is 7.09. The maximum absolute atomic E-state index is 14.2. The fourth-order valence-corrected chi connectivity index (χ4v) is 3.82. The third-order valence-corrected chi connectivity index (χ3v) is 5.41. The quantitative estimate of drug-likeness (QED) is 0.894. The van der Waals surface area contributed by atoms with Crippen LogP contribution in [0.25, 0.3) is 0 Å². The minimum absolute atomic E-state index is 0.0282. The number of hydrogen-bond donors (Lipinski definition) is 1. The van der Waals surface area contributed by atoms with Crippen LogP contribution in [0.1, 0.15) is 38.2 Å². The highest BCUT2D eigenvalue weighted by molar-refractivity contribution is 5.81. The number of piperazine rings is 1. The molecule has 1 amide bonds. The highest BCUT2D eigenvalue weighted by Gasteiger charge is 2.29. The minimum Gasteiger partial charge on any atom is -0.364 e. The molecule has 1 saturated heterocycles. The first kappa shape index (κ1) is 18.6. The van der Waals surface area contributed by atoms with E-state index in [0.717, 1.165) is 25.0 Å². The molecule has 7 heteroatoms. The third kappa shape index (κ3) is 3.96. The Kier molecular flexibility index (Phi) is 5.72. The van der Waals surface area contributed by atoms with Crippen LogP contribution in [-0.2, 0) is 4.79 Å². The molecule has 2 fully saturated rings. The van der Waals surface area contributed by atoms with E-state index >= 15 is 0 Å². The summed E-state index contributed by atoms with van der Waals surface area (Å²) in [6.07, 6.45) is 4.42. The molecule has 0 radical (unpaired) electrons. The van der Waals surface area contributed by atoms with Crippen LogP contribution >= 0.6 is 0 Å². The zero-order valence-corrected chi connectivity index (χ0v) is 15.0. The van der Waals surface area contributed by atoms with Gasteiger partial charge in [-0.2, -0.15) is 5.26 Å². The van der Waals surface area contributed by atoms with Crippen molar-refractivity contribution >= 4 is 11.6 Å². The molecule has 1 saturated carbocycles. The van der Waals surface area contributed by atoms with Gasteiger partial charge in [0.25, 0.3) is 0 Å². The summed E-state index contributed by atoms with van der Waals surface area (Å²) < 4.78 is 28.4. The lowest BCUT2D eigenvalue weighted by Gasteiger charge is -2.38. The summed E-state index contributed by atoms with van der Waals surface area (Å²) in [6.45, 7) is 3.85. The number of nitriles is 1. The molecule has 1 aliphatic carbocycles. The van der Waals surface area contributed by atoms with Crippen molar-refractivity contribution in [2.45, 2.75) is 44.7 Å². The molecule has 1 aromatic carbocycles. The minimum atomic E-state index is -0.720. The van der Waals surface area contributed by atoms with E-state index in [4.69, 9.17) is 5.26 Å². The lowest BCUT2D eigenvalue weighted by Crippen LogP contribution is -2.55. The Hall–Kier alpha value is -2.20. The molecule has 0 bridgehead atoms. The van der Waals surface area contributed by atoms with Gasteiger partial charge in [0, 0.05) is 32.2 Å². The van der Waals surface area contributed by atoms with Crippen LogP contribution < -0.4 is 10.2 Å². The van der Waals surface area contributed by atoms with Crippen LogP contribution in [0.2, 0.25) is 0 Å². The van der Waals surface area contributed by atoms with Crippen LogP contribution in [0.4, 0.5) is 14.5 Å². The van der Waals surface area contributed by atoms with Crippen molar-refractivity contribution in [1.82, 2.24) is 10.2 Å². The van der Waals surface area contributed by atoms with Crippen molar-refractivity contribution in [1.29, 1.82) is 5.26 Å². The number of carbonyl (C=O) groups is 1.